The van der Waals surface area contributed by atoms with Gasteiger partial charge < -0.3 is 5.11 Å². The van der Waals surface area contributed by atoms with E-state index in [0.29, 0.717) is 61.4 Å². The van der Waals surface area contributed by atoms with E-state index in [0.717, 1.165) is 27.8 Å². The molecule has 0 radical (unpaired) electrons. The molecule has 0 amide bonds. The first-order chi connectivity index (χ1) is 35.8. The summed E-state index contributed by atoms with van der Waals surface area (Å²) < 4.78 is 90.2. The zero-order chi connectivity index (χ0) is 56.1. The predicted octanol–water partition coefficient (Wildman–Crippen LogP) is 17.3. The van der Waals surface area contributed by atoms with Gasteiger partial charge in [0.05, 0.1) is 34.8 Å². The highest BCUT2D eigenvalue weighted by Crippen LogP contribution is 2.45. The molecule has 0 unspecified atom stereocenters. The van der Waals surface area contributed by atoms with Crippen LogP contribution in [-0.2, 0) is 10.8 Å². The Kier molecular flexibility index (Phi) is 9.03. The maximum absolute atomic E-state index is 12.6. The Hall–Kier alpha value is -7.04. The molecule has 0 aliphatic heterocycles. The quantitative estimate of drug-likeness (QED) is 0.157. The molecule has 67 heavy (non-hydrogen) atoms. The maximum Gasteiger partial charge on any atom is 0.149 e. The SMILES string of the molecule is [2H]c1c([2H])c([2H])c(-c2ccnc(-c3cc(-c4cccc5c4nc(-c4cc(C([2H])(C)C)cc(C([2H])(C)C)c4O)n5-c4cc(C([2H])([2H])[2H])c(-c5ccc(C(C)(C)C)cc5)cc4-c4ccccc4)cc(C(C)(C)C)c3)c2)c([2H])c1[2H]. The van der Waals surface area contributed by atoms with Crippen LogP contribution in [-0.4, -0.2) is 19.6 Å². The van der Waals surface area contributed by atoms with Gasteiger partial charge in [-0.05, 0) is 139 Å². The van der Waals surface area contributed by atoms with Gasteiger partial charge in [0.25, 0.3) is 0 Å². The van der Waals surface area contributed by atoms with Crippen molar-refractivity contribution in [1.82, 2.24) is 14.5 Å². The van der Waals surface area contributed by atoms with Crippen molar-refractivity contribution in [2.45, 2.75) is 98.7 Å². The van der Waals surface area contributed by atoms with Crippen molar-refractivity contribution in [2.24, 2.45) is 0 Å². The van der Waals surface area contributed by atoms with Crippen LogP contribution in [0.3, 0.4) is 0 Å². The summed E-state index contributed by atoms with van der Waals surface area (Å²) in [7, 11) is 0. The van der Waals surface area contributed by atoms with Gasteiger partial charge in [0.2, 0.25) is 0 Å². The monoisotopic (exact) mass is 888 g/mol. The molecule has 9 aromatic rings. The smallest absolute Gasteiger partial charge is 0.149 e. The molecular formula is C63H63N3O. The summed E-state index contributed by atoms with van der Waals surface area (Å²) in [6.07, 6.45) is 1.57. The van der Waals surface area contributed by atoms with Gasteiger partial charge >= 0.3 is 0 Å². The van der Waals surface area contributed by atoms with Crippen molar-refractivity contribution in [3.05, 3.63) is 192 Å². The number of aromatic nitrogens is 3. The fraction of sp³-hybridized carbons (Fsp3) is 0.238. The van der Waals surface area contributed by atoms with E-state index in [-0.39, 0.29) is 45.8 Å². The largest absolute Gasteiger partial charge is 0.507 e. The lowest BCUT2D eigenvalue weighted by Gasteiger charge is -2.22. The van der Waals surface area contributed by atoms with Crippen molar-refractivity contribution in [1.29, 1.82) is 0 Å². The zero-order valence-electron chi connectivity index (χ0n) is 50.0. The molecule has 2 aromatic heterocycles. The summed E-state index contributed by atoms with van der Waals surface area (Å²) in [6.45, 7) is 17.0. The van der Waals surface area contributed by atoms with Crippen molar-refractivity contribution in [2.75, 3.05) is 0 Å². The summed E-state index contributed by atoms with van der Waals surface area (Å²) in [5.74, 6) is -2.41. The van der Waals surface area contributed by atoms with Crippen LogP contribution in [0.2, 0.25) is 0 Å². The number of aryl methyl sites for hydroxylation is 1. The lowest BCUT2D eigenvalue weighted by Crippen LogP contribution is -2.11. The maximum atomic E-state index is 12.6. The minimum atomic E-state index is -2.60. The number of nitrogens with zero attached hydrogens (tertiary/aromatic N) is 3. The molecule has 4 heteroatoms. The van der Waals surface area contributed by atoms with Crippen molar-refractivity contribution >= 4 is 11.0 Å². The average Bonchev–Trinajstić information content (AvgIpc) is 3.78. The summed E-state index contributed by atoms with van der Waals surface area (Å²) in [6, 6.07) is 38.2. The van der Waals surface area contributed by atoms with E-state index < -0.39 is 42.2 Å². The molecule has 0 aliphatic rings. The number of aromatic hydroxyl groups is 1. The third-order valence-corrected chi connectivity index (χ3v) is 12.6. The van der Waals surface area contributed by atoms with Crippen LogP contribution in [0.4, 0.5) is 0 Å². The molecule has 0 aliphatic carbocycles. The fourth-order valence-electron chi connectivity index (χ4n) is 8.74. The molecule has 4 nitrogen and oxygen atoms in total. The van der Waals surface area contributed by atoms with Gasteiger partial charge in [0.1, 0.15) is 11.6 Å². The molecule has 0 bridgehead atoms. The van der Waals surface area contributed by atoms with Crippen LogP contribution >= 0.6 is 0 Å². The van der Waals surface area contributed by atoms with E-state index in [1.165, 1.54) is 0 Å². The van der Waals surface area contributed by atoms with E-state index in [1.54, 1.807) is 64.2 Å². The van der Waals surface area contributed by atoms with Crippen molar-refractivity contribution < 1.29 is 18.8 Å². The molecule has 2 heterocycles. The average molecular weight is 888 g/mol. The van der Waals surface area contributed by atoms with E-state index >= 15 is 0 Å². The molecule has 0 spiro atoms. The number of imidazole rings is 1. The molecule has 336 valence electrons. The summed E-state index contributed by atoms with van der Waals surface area (Å²) in [5, 5.41) is 12.6. The molecule has 0 saturated heterocycles. The summed E-state index contributed by atoms with van der Waals surface area (Å²) in [4.78, 5) is 10.3. The van der Waals surface area contributed by atoms with Gasteiger partial charge in [-0.15, -0.1) is 0 Å². The lowest BCUT2D eigenvalue weighted by atomic mass is 9.83. The Bertz CT molecular complexity index is 3750. The third kappa shape index (κ3) is 8.86. The molecule has 9 rings (SSSR count). The first kappa shape index (κ1) is 34.3. The molecule has 0 atom stereocenters. The summed E-state index contributed by atoms with van der Waals surface area (Å²) in [5.41, 5.74) is 10.2. The standard InChI is InChI=1S/C63H63N3O/c1-39(2)46-35-52(40(3)4)60(67)55(36-46)61-65-59-51(47-32-48(34-50(33-47)63(9,10)11)56-37-45(29-30-64-56)42-19-14-12-15-20-42)23-18-24-57(59)66(61)58-31-41(5)53(38-54(58)43-21-16-13-17-22-43)44-25-27-49(28-26-44)62(6,7)8/h12-40,67H,1-11H3/i5D3,12D,14D,15D,19D,20D,39D,40D. The first-order valence-corrected chi connectivity index (χ1v) is 22.8. The van der Waals surface area contributed by atoms with Crippen molar-refractivity contribution in [3.63, 3.8) is 0 Å². The van der Waals surface area contributed by atoms with Crippen molar-refractivity contribution in [3.8, 4) is 78.6 Å². The highest BCUT2D eigenvalue weighted by molar-refractivity contribution is 5.98. The van der Waals surface area contributed by atoms with Crippen LogP contribution in [0.5, 0.6) is 5.75 Å². The van der Waals surface area contributed by atoms with Crippen LogP contribution < -0.4 is 0 Å². The predicted molar refractivity (Wildman–Crippen MR) is 283 cm³/mol. The summed E-state index contributed by atoms with van der Waals surface area (Å²) >= 11 is 0. The van der Waals surface area contributed by atoms with E-state index in [4.69, 9.17) is 20.9 Å². The number of hydrogen-bond donors (Lipinski definition) is 1. The van der Waals surface area contributed by atoms with Crippen LogP contribution in [0, 0.1) is 6.85 Å². The topological polar surface area (TPSA) is 50.9 Å². The van der Waals surface area contributed by atoms with E-state index in [9.17, 15) is 7.85 Å². The number of benzene rings is 7. The second kappa shape index (κ2) is 17.6. The molecular weight excluding hydrogens is 815 g/mol. The van der Waals surface area contributed by atoms with Crippen LogP contribution in [0.15, 0.2) is 164 Å². The molecule has 1 N–H and O–H groups in total. The number of phenols is 1. The number of hydrogen-bond acceptors (Lipinski definition) is 3. The van der Waals surface area contributed by atoms with Gasteiger partial charge in [0, 0.05) is 29.7 Å². The highest BCUT2D eigenvalue weighted by Gasteiger charge is 2.27. The minimum absolute atomic E-state index is 0.0655. The van der Waals surface area contributed by atoms with Gasteiger partial charge in [0.15, 0.2) is 0 Å². The van der Waals surface area contributed by atoms with Crippen LogP contribution in [0.25, 0.3) is 83.9 Å². The zero-order valence-corrected chi connectivity index (χ0v) is 40.0. The second-order valence-corrected chi connectivity index (χ2v) is 20.0. The Labute approximate surface area is 412 Å². The Balaban J connectivity index is 1.39. The fourth-order valence-corrected chi connectivity index (χ4v) is 8.74. The molecule has 0 fully saturated rings. The van der Waals surface area contributed by atoms with Gasteiger partial charge in [-0.2, -0.15) is 0 Å². The Morgan fingerprint density at radius 3 is 1.96 bits per heavy atom. The number of phenolic OH excluding ortho intramolecular Hbond substituents is 1. The number of fused-ring (bicyclic) bond motifs is 1. The van der Waals surface area contributed by atoms with Gasteiger partial charge in [-0.3, -0.25) is 9.55 Å². The van der Waals surface area contributed by atoms with E-state index in [2.05, 4.69) is 47.6 Å². The Morgan fingerprint density at radius 1 is 0.582 bits per heavy atom. The highest BCUT2D eigenvalue weighted by atomic mass is 16.3. The number of pyridine rings is 1. The second-order valence-electron chi connectivity index (χ2n) is 20.0. The minimum Gasteiger partial charge on any atom is -0.507 e. The first-order valence-electron chi connectivity index (χ1n) is 27.8. The van der Waals surface area contributed by atoms with Crippen LogP contribution in [0.1, 0.15) is 123 Å². The third-order valence-electron chi connectivity index (χ3n) is 12.6. The van der Waals surface area contributed by atoms with Gasteiger partial charge in [-0.1, -0.05) is 178 Å². The number of para-hydroxylation sites is 1. The van der Waals surface area contributed by atoms with E-state index in [1.807, 2.05) is 95.6 Å². The molecule has 7 aromatic carbocycles. The lowest BCUT2D eigenvalue weighted by molar-refractivity contribution is 0.466. The Morgan fingerprint density at radius 2 is 1.28 bits per heavy atom. The molecule has 0 saturated carbocycles. The normalized spacial score (nSPS) is 14.8. The number of rotatable bonds is 9. The van der Waals surface area contributed by atoms with Gasteiger partial charge in [-0.25, -0.2) is 4.98 Å².